The predicted molar refractivity (Wildman–Crippen MR) is 76.5 cm³/mol. The van der Waals surface area contributed by atoms with E-state index in [1.807, 2.05) is 5.32 Å². The Morgan fingerprint density at radius 1 is 1.10 bits per heavy atom. The SMILES string of the molecule is O=C(/N=c1\ccccn1O)NC(=O)c1c(Cl)cccc1Cl. The second kappa shape index (κ2) is 6.43. The summed E-state index contributed by atoms with van der Waals surface area (Å²) >= 11 is 11.7. The van der Waals surface area contributed by atoms with Crippen LogP contribution in [-0.2, 0) is 0 Å². The molecule has 8 heteroatoms. The van der Waals surface area contributed by atoms with Crippen molar-refractivity contribution >= 4 is 35.1 Å². The third-order valence-electron chi connectivity index (χ3n) is 2.44. The highest BCUT2D eigenvalue weighted by atomic mass is 35.5. The zero-order valence-electron chi connectivity index (χ0n) is 10.5. The number of carbonyl (C=O) groups is 2. The Kier molecular flexibility index (Phi) is 4.62. The van der Waals surface area contributed by atoms with E-state index in [2.05, 4.69) is 4.99 Å². The van der Waals surface area contributed by atoms with E-state index in [0.29, 0.717) is 4.73 Å². The topological polar surface area (TPSA) is 83.7 Å². The summed E-state index contributed by atoms with van der Waals surface area (Å²) in [7, 11) is 0. The summed E-state index contributed by atoms with van der Waals surface area (Å²) in [5, 5.41) is 11.7. The molecule has 0 aliphatic rings. The maximum absolute atomic E-state index is 11.9. The van der Waals surface area contributed by atoms with Crippen LogP contribution < -0.4 is 10.8 Å². The Balaban J connectivity index is 2.23. The lowest BCUT2D eigenvalue weighted by atomic mass is 10.2. The number of halogens is 2. The minimum atomic E-state index is -0.954. The molecule has 2 rings (SSSR count). The second-order valence-electron chi connectivity index (χ2n) is 3.87. The van der Waals surface area contributed by atoms with E-state index < -0.39 is 11.9 Å². The zero-order valence-corrected chi connectivity index (χ0v) is 12.0. The van der Waals surface area contributed by atoms with E-state index >= 15 is 0 Å². The molecule has 2 N–H and O–H groups in total. The third-order valence-corrected chi connectivity index (χ3v) is 3.07. The van der Waals surface area contributed by atoms with E-state index in [4.69, 9.17) is 23.2 Å². The van der Waals surface area contributed by atoms with Gasteiger partial charge < -0.3 is 5.21 Å². The Morgan fingerprint density at radius 2 is 1.76 bits per heavy atom. The van der Waals surface area contributed by atoms with Crippen LogP contribution in [0.25, 0.3) is 0 Å². The van der Waals surface area contributed by atoms with Crippen molar-refractivity contribution in [3.05, 3.63) is 63.7 Å². The molecule has 21 heavy (non-hydrogen) atoms. The molecule has 2 aromatic rings. The van der Waals surface area contributed by atoms with Crippen molar-refractivity contribution in [2.75, 3.05) is 0 Å². The molecular formula is C13H9Cl2N3O3. The molecule has 3 amide bonds. The molecule has 1 heterocycles. The molecule has 0 radical (unpaired) electrons. The molecular weight excluding hydrogens is 317 g/mol. The number of pyridine rings is 1. The first-order chi connectivity index (χ1) is 9.99. The normalized spacial score (nSPS) is 11.2. The molecule has 1 aromatic heterocycles. The van der Waals surface area contributed by atoms with Gasteiger partial charge in [0.25, 0.3) is 5.91 Å². The molecule has 0 saturated heterocycles. The molecule has 0 aliphatic heterocycles. The lowest BCUT2D eigenvalue weighted by Crippen LogP contribution is -2.31. The van der Waals surface area contributed by atoms with Crippen LogP contribution in [0.3, 0.4) is 0 Å². The molecule has 0 aliphatic carbocycles. The van der Waals surface area contributed by atoms with Gasteiger partial charge in [0.2, 0.25) is 0 Å². The first-order valence-electron chi connectivity index (χ1n) is 5.70. The van der Waals surface area contributed by atoms with E-state index in [9.17, 15) is 14.8 Å². The lowest BCUT2D eigenvalue weighted by molar-refractivity contribution is 0.0966. The predicted octanol–water partition coefficient (Wildman–Crippen LogP) is 2.48. The number of amides is 3. The number of hydrogen-bond acceptors (Lipinski definition) is 3. The first kappa shape index (κ1) is 15.1. The van der Waals surface area contributed by atoms with Gasteiger partial charge in [-0.25, -0.2) is 4.79 Å². The van der Waals surface area contributed by atoms with Crippen LogP contribution in [-0.4, -0.2) is 21.9 Å². The maximum Gasteiger partial charge on any atom is 0.349 e. The summed E-state index contributed by atoms with van der Waals surface area (Å²) in [4.78, 5) is 27.1. The van der Waals surface area contributed by atoms with E-state index in [0.717, 1.165) is 0 Å². The Bertz CT molecular complexity index is 751. The summed E-state index contributed by atoms with van der Waals surface area (Å²) < 4.78 is 0.645. The highest BCUT2D eigenvalue weighted by Crippen LogP contribution is 2.23. The van der Waals surface area contributed by atoms with Gasteiger partial charge in [-0.15, -0.1) is 0 Å². The average Bonchev–Trinajstić information content (AvgIpc) is 2.41. The van der Waals surface area contributed by atoms with Gasteiger partial charge in [0.15, 0.2) is 5.49 Å². The van der Waals surface area contributed by atoms with Crippen LogP contribution in [0.2, 0.25) is 10.0 Å². The van der Waals surface area contributed by atoms with Crippen LogP contribution in [0.1, 0.15) is 10.4 Å². The Hall–Kier alpha value is -2.31. The van der Waals surface area contributed by atoms with Crippen molar-refractivity contribution in [2.45, 2.75) is 0 Å². The lowest BCUT2D eigenvalue weighted by Gasteiger charge is -2.05. The number of benzene rings is 1. The molecule has 108 valence electrons. The number of rotatable bonds is 1. The molecule has 0 saturated carbocycles. The van der Waals surface area contributed by atoms with Gasteiger partial charge in [-0.05, 0) is 24.3 Å². The smallest absolute Gasteiger partial charge is 0.349 e. The van der Waals surface area contributed by atoms with Crippen molar-refractivity contribution in [3.63, 3.8) is 0 Å². The van der Waals surface area contributed by atoms with Crippen LogP contribution in [0, 0.1) is 0 Å². The quantitative estimate of drug-likeness (QED) is 0.790. The van der Waals surface area contributed by atoms with E-state index in [1.165, 1.54) is 24.4 Å². The molecule has 1 aromatic carbocycles. The minimum absolute atomic E-state index is 0.0191. The van der Waals surface area contributed by atoms with Crippen LogP contribution >= 0.6 is 23.2 Å². The van der Waals surface area contributed by atoms with Crippen molar-refractivity contribution in [1.82, 2.24) is 10.0 Å². The number of imide groups is 1. The fraction of sp³-hybridized carbons (Fsp3) is 0. The van der Waals surface area contributed by atoms with Crippen molar-refractivity contribution in [3.8, 4) is 0 Å². The summed E-state index contributed by atoms with van der Waals surface area (Å²) in [5.41, 5.74) is -0.0534. The average molecular weight is 326 g/mol. The number of urea groups is 1. The summed E-state index contributed by atoms with van der Waals surface area (Å²) in [6, 6.07) is 8.09. The molecule has 0 bridgehead atoms. The van der Waals surface area contributed by atoms with Crippen molar-refractivity contribution in [1.29, 1.82) is 0 Å². The zero-order chi connectivity index (χ0) is 15.4. The van der Waals surface area contributed by atoms with E-state index in [1.54, 1.807) is 18.2 Å². The monoisotopic (exact) mass is 325 g/mol. The minimum Gasteiger partial charge on any atom is -0.427 e. The standard InChI is InChI=1S/C13H9Cl2N3O3/c14-8-4-3-5-9(15)11(8)12(19)17-13(20)16-10-6-1-2-7-18(10)21/h1-7,21H,(H,17,19,20)/b16-10+. The third kappa shape index (κ3) is 3.62. The molecule has 0 spiro atoms. The largest absolute Gasteiger partial charge is 0.427 e. The molecule has 6 nitrogen and oxygen atoms in total. The first-order valence-corrected chi connectivity index (χ1v) is 6.45. The summed E-state index contributed by atoms with van der Waals surface area (Å²) in [6.07, 6.45) is 1.29. The van der Waals surface area contributed by atoms with Crippen LogP contribution in [0.4, 0.5) is 4.79 Å². The van der Waals surface area contributed by atoms with Crippen molar-refractivity contribution in [2.24, 2.45) is 4.99 Å². The number of aromatic nitrogens is 1. The van der Waals surface area contributed by atoms with Crippen LogP contribution in [0.5, 0.6) is 0 Å². The number of hydrogen-bond donors (Lipinski definition) is 2. The van der Waals surface area contributed by atoms with Gasteiger partial charge in [-0.2, -0.15) is 9.72 Å². The van der Waals surface area contributed by atoms with Gasteiger partial charge in [-0.1, -0.05) is 35.3 Å². The molecule has 0 fully saturated rings. The summed E-state index contributed by atoms with van der Waals surface area (Å²) in [5.74, 6) is -0.778. The molecule has 0 atom stereocenters. The second-order valence-corrected chi connectivity index (χ2v) is 4.69. The van der Waals surface area contributed by atoms with E-state index in [-0.39, 0.29) is 21.1 Å². The van der Waals surface area contributed by atoms with Gasteiger partial charge in [-0.3, -0.25) is 10.1 Å². The van der Waals surface area contributed by atoms with Crippen LogP contribution in [0.15, 0.2) is 47.6 Å². The highest BCUT2D eigenvalue weighted by molar-refractivity contribution is 6.40. The maximum atomic E-state index is 11.9. The fourth-order valence-corrected chi connectivity index (χ4v) is 2.09. The van der Waals surface area contributed by atoms with Gasteiger partial charge in [0.05, 0.1) is 15.6 Å². The fourth-order valence-electron chi connectivity index (χ4n) is 1.52. The van der Waals surface area contributed by atoms with Crippen molar-refractivity contribution < 1.29 is 14.8 Å². The summed E-state index contributed by atoms with van der Waals surface area (Å²) in [6.45, 7) is 0. The Labute approximate surface area is 129 Å². The highest BCUT2D eigenvalue weighted by Gasteiger charge is 2.16. The van der Waals surface area contributed by atoms with Gasteiger partial charge >= 0.3 is 6.03 Å². The number of carbonyl (C=O) groups excluding carboxylic acids is 2. The Morgan fingerprint density at radius 3 is 2.38 bits per heavy atom. The number of nitrogens with one attached hydrogen (secondary N) is 1. The number of nitrogens with zero attached hydrogens (tertiary/aromatic N) is 2. The van der Waals surface area contributed by atoms with Gasteiger partial charge in [0.1, 0.15) is 0 Å². The van der Waals surface area contributed by atoms with Gasteiger partial charge in [0, 0.05) is 6.20 Å². The molecule has 0 unspecified atom stereocenters.